The summed E-state index contributed by atoms with van der Waals surface area (Å²) in [6.07, 6.45) is 0.586. The Hall–Kier alpha value is -1.39. The SMILES string of the molecule is CCOC(=O)C1(C(N)Cc2ccccc2)OC1(C)C. The Morgan fingerprint density at radius 3 is 2.42 bits per heavy atom. The van der Waals surface area contributed by atoms with Gasteiger partial charge in [-0.15, -0.1) is 0 Å². The van der Waals surface area contributed by atoms with Gasteiger partial charge in [0.2, 0.25) is 5.60 Å². The molecule has 0 aliphatic carbocycles. The van der Waals surface area contributed by atoms with Crippen LogP contribution in [0.25, 0.3) is 0 Å². The number of rotatable bonds is 5. The third-order valence-corrected chi connectivity index (χ3v) is 3.67. The van der Waals surface area contributed by atoms with E-state index in [4.69, 9.17) is 15.2 Å². The fourth-order valence-corrected chi connectivity index (χ4v) is 2.59. The highest BCUT2D eigenvalue weighted by molar-refractivity contribution is 5.86. The fourth-order valence-electron chi connectivity index (χ4n) is 2.59. The van der Waals surface area contributed by atoms with Crippen molar-refractivity contribution in [2.45, 2.75) is 44.4 Å². The maximum absolute atomic E-state index is 12.1. The topological polar surface area (TPSA) is 64.8 Å². The van der Waals surface area contributed by atoms with Crippen molar-refractivity contribution in [2.24, 2.45) is 5.73 Å². The number of carbonyl (C=O) groups excluding carboxylic acids is 1. The largest absolute Gasteiger partial charge is 0.464 e. The van der Waals surface area contributed by atoms with E-state index in [1.165, 1.54) is 0 Å². The van der Waals surface area contributed by atoms with E-state index in [0.717, 1.165) is 5.56 Å². The zero-order chi connectivity index (χ0) is 14.1. The van der Waals surface area contributed by atoms with E-state index in [1.54, 1.807) is 6.92 Å². The molecule has 1 fully saturated rings. The van der Waals surface area contributed by atoms with Crippen molar-refractivity contribution in [2.75, 3.05) is 6.61 Å². The number of hydrogen-bond donors (Lipinski definition) is 1. The maximum atomic E-state index is 12.1. The number of hydrogen-bond acceptors (Lipinski definition) is 4. The van der Waals surface area contributed by atoms with Crippen molar-refractivity contribution in [1.82, 2.24) is 0 Å². The molecule has 104 valence electrons. The Bertz CT molecular complexity index is 458. The summed E-state index contributed by atoms with van der Waals surface area (Å²) in [7, 11) is 0. The van der Waals surface area contributed by atoms with E-state index in [-0.39, 0.29) is 5.97 Å². The average molecular weight is 263 g/mol. The smallest absolute Gasteiger partial charge is 0.343 e. The molecular weight excluding hydrogens is 242 g/mol. The van der Waals surface area contributed by atoms with Gasteiger partial charge < -0.3 is 15.2 Å². The molecule has 0 saturated carbocycles. The number of carbonyl (C=O) groups is 1. The molecule has 2 atom stereocenters. The zero-order valence-corrected chi connectivity index (χ0v) is 11.7. The van der Waals surface area contributed by atoms with Crippen LogP contribution < -0.4 is 5.73 Å². The fraction of sp³-hybridized carbons (Fsp3) is 0.533. The summed E-state index contributed by atoms with van der Waals surface area (Å²) >= 11 is 0. The van der Waals surface area contributed by atoms with Gasteiger partial charge in [0.1, 0.15) is 5.60 Å². The van der Waals surface area contributed by atoms with Gasteiger partial charge in [0.15, 0.2) is 0 Å². The summed E-state index contributed by atoms with van der Waals surface area (Å²) in [6.45, 7) is 5.85. The van der Waals surface area contributed by atoms with Crippen molar-refractivity contribution >= 4 is 5.97 Å². The normalized spacial score (nSPS) is 25.7. The number of ether oxygens (including phenoxy) is 2. The van der Waals surface area contributed by atoms with Crippen LogP contribution in [0.15, 0.2) is 30.3 Å². The summed E-state index contributed by atoms with van der Waals surface area (Å²) in [6, 6.07) is 9.44. The Balaban J connectivity index is 2.15. The van der Waals surface area contributed by atoms with E-state index < -0.39 is 17.2 Å². The lowest BCUT2D eigenvalue weighted by molar-refractivity contribution is -0.150. The van der Waals surface area contributed by atoms with E-state index in [1.807, 2.05) is 44.2 Å². The Morgan fingerprint density at radius 2 is 1.95 bits per heavy atom. The third-order valence-electron chi connectivity index (χ3n) is 3.67. The van der Waals surface area contributed by atoms with Crippen LogP contribution in [0.4, 0.5) is 0 Å². The molecule has 4 nitrogen and oxygen atoms in total. The number of benzene rings is 1. The molecule has 1 heterocycles. The molecule has 19 heavy (non-hydrogen) atoms. The number of nitrogens with two attached hydrogens (primary N) is 1. The van der Waals surface area contributed by atoms with E-state index >= 15 is 0 Å². The highest BCUT2D eigenvalue weighted by atomic mass is 16.7. The molecule has 0 aromatic heterocycles. The lowest BCUT2D eigenvalue weighted by Gasteiger charge is -2.21. The van der Waals surface area contributed by atoms with Gasteiger partial charge in [-0.25, -0.2) is 4.79 Å². The van der Waals surface area contributed by atoms with Crippen molar-refractivity contribution in [3.8, 4) is 0 Å². The van der Waals surface area contributed by atoms with Crippen LogP contribution in [-0.4, -0.2) is 29.8 Å². The highest BCUT2D eigenvalue weighted by Gasteiger charge is 2.73. The first-order valence-corrected chi connectivity index (χ1v) is 6.61. The third kappa shape index (κ3) is 2.38. The van der Waals surface area contributed by atoms with Gasteiger partial charge in [0.05, 0.1) is 12.6 Å². The molecule has 0 radical (unpaired) electrons. The Morgan fingerprint density at radius 1 is 1.37 bits per heavy atom. The van der Waals surface area contributed by atoms with Gasteiger partial charge in [0, 0.05) is 0 Å². The van der Waals surface area contributed by atoms with Gasteiger partial charge in [-0.3, -0.25) is 0 Å². The van der Waals surface area contributed by atoms with Crippen LogP contribution in [0.2, 0.25) is 0 Å². The van der Waals surface area contributed by atoms with Crippen LogP contribution >= 0.6 is 0 Å². The molecule has 1 aliphatic rings. The first-order valence-electron chi connectivity index (χ1n) is 6.61. The second-order valence-electron chi connectivity index (χ2n) is 5.36. The van der Waals surface area contributed by atoms with E-state index in [2.05, 4.69) is 0 Å². The second-order valence-corrected chi connectivity index (χ2v) is 5.36. The Labute approximate surface area is 113 Å². The second kappa shape index (κ2) is 4.94. The molecule has 0 bridgehead atoms. The van der Waals surface area contributed by atoms with Gasteiger partial charge in [-0.2, -0.15) is 0 Å². The quantitative estimate of drug-likeness (QED) is 0.648. The molecular formula is C15H21NO3. The summed E-state index contributed by atoms with van der Waals surface area (Å²) in [5.41, 5.74) is 5.74. The first kappa shape index (κ1) is 14.0. The molecule has 1 aromatic rings. The zero-order valence-electron chi connectivity index (χ0n) is 11.7. The summed E-state index contributed by atoms with van der Waals surface area (Å²) < 4.78 is 10.8. The summed E-state index contributed by atoms with van der Waals surface area (Å²) in [5, 5.41) is 0. The molecule has 1 aromatic carbocycles. The molecule has 4 heteroatoms. The minimum atomic E-state index is -1.02. The van der Waals surface area contributed by atoms with Crippen molar-refractivity contribution < 1.29 is 14.3 Å². The number of epoxide rings is 1. The lowest BCUT2D eigenvalue weighted by Crippen LogP contribution is -2.50. The van der Waals surface area contributed by atoms with Crippen LogP contribution in [0, 0.1) is 0 Å². The molecule has 2 rings (SSSR count). The predicted molar refractivity (Wildman–Crippen MR) is 72.6 cm³/mol. The van der Waals surface area contributed by atoms with Gasteiger partial charge in [-0.05, 0) is 32.8 Å². The van der Waals surface area contributed by atoms with Crippen molar-refractivity contribution in [3.05, 3.63) is 35.9 Å². The van der Waals surface area contributed by atoms with Crippen LogP contribution in [0.1, 0.15) is 26.3 Å². The van der Waals surface area contributed by atoms with Crippen molar-refractivity contribution in [3.63, 3.8) is 0 Å². The van der Waals surface area contributed by atoms with E-state index in [9.17, 15) is 4.79 Å². The van der Waals surface area contributed by atoms with E-state index in [0.29, 0.717) is 13.0 Å². The summed E-state index contributed by atoms with van der Waals surface area (Å²) in [5.74, 6) is -0.358. The average Bonchev–Trinajstić information content (AvgIpc) is 2.96. The van der Waals surface area contributed by atoms with Crippen molar-refractivity contribution in [1.29, 1.82) is 0 Å². The molecule has 2 N–H and O–H groups in total. The van der Waals surface area contributed by atoms with Gasteiger partial charge in [-0.1, -0.05) is 30.3 Å². The lowest BCUT2D eigenvalue weighted by atomic mass is 9.85. The molecule has 0 amide bonds. The molecule has 1 aliphatic heterocycles. The van der Waals surface area contributed by atoms with Crippen LogP contribution in [0.3, 0.4) is 0 Å². The predicted octanol–water partition coefficient (Wildman–Crippen LogP) is 1.67. The molecule has 2 unspecified atom stereocenters. The van der Waals surface area contributed by atoms with Gasteiger partial charge in [0.25, 0.3) is 0 Å². The van der Waals surface area contributed by atoms with Gasteiger partial charge >= 0.3 is 5.97 Å². The highest BCUT2D eigenvalue weighted by Crippen LogP contribution is 2.50. The monoisotopic (exact) mass is 263 g/mol. The number of esters is 1. The standard InChI is InChI=1S/C15H21NO3/c1-4-18-13(17)15(14(2,3)19-15)12(16)10-11-8-6-5-7-9-11/h5-9,12H,4,10,16H2,1-3H3. The Kier molecular flexibility index (Phi) is 3.65. The minimum Gasteiger partial charge on any atom is -0.464 e. The molecule has 1 saturated heterocycles. The maximum Gasteiger partial charge on any atom is 0.343 e. The minimum absolute atomic E-state index is 0.331. The summed E-state index contributed by atoms with van der Waals surface area (Å²) in [4.78, 5) is 12.1. The van der Waals surface area contributed by atoms with Crippen LogP contribution in [0.5, 0.6) is 0 Å². The first-order chi connectivity index (χ1) is 8.94. The van der Waals surface area contributed by atoms with Crippen LogP contribution in [-0.2, 0) is 20.7 Å². The molecule has 0 spiro atoms.